The molecule has 0 radical (unpaired) electrons. The second kappa shape index (κ2) is 8.73. The maximum absolute atomic E-state index is 13.5. The first kappa shape index (κ1) is 20.8. The normalized spacial score (nSPS) is 15.2. The Labute approximate surface area is 184 Å². The minimum absolute atomic E-state index is 0.248. The van der Waals surface area contributed by atoms with Crippen LogP contribution in [0.4, 0.5) is 11.6 Å². The monoisotopic (exact) mass is 437 g/mol. The molecule has 1 aliphatic heterocycles. The third-order valence-corrected chi connectivity index (χ3v) is 5.59. The third-order valence-electron chi connectivity index (χ3n) is 5.05. The molecule has 0 aliphatic carbocycles. The summed E-state index contributed by atoms with van der Waals surface area (Å²) in [5.41, 5.74) is 2.74. The van der Waals surface area contributed by atoms with E-state index in [1.807, 2.05) is 49.6 Å². The molecule has 0 fully saturated rings. The maximum atomic E-state index is 13.5. The van der Waals surface area contributed by atoms with Crippen LogP contribution in [-0.2, 0) is 4.79 Å². The fourth-order valence-corrected chi connectivity index (χ4v) is 3.89. The number of aromatic nitrogens is 3. The van der Waals surface area contributed by atoms with Gasteiger partial charge >= 0.3 is 0 Å². The first-order chi connectivity index (χ1) is 15.0. The molecule has 0 saturated carbocycles. The molecular weight excluding hydrogens is 414 g/mol. The lowest BCUT2D eigenvalue weighted by Crippen LogP contribution is -2.31. The average molecular weight is 438 g/mol. The van der Waals surface area contributed by atoms with Crippen molar-refractivity contribution < 1.29 is 14.3 Å². The van der Waals surface area contributed by atoms with Crippen LogP contribution in [0.5, 0.6) is 11.5 Å². The van der Waals surface area contributed by atoms with Gasteiger partial charge in [-0.15, -0.1) is 5.10 Å². The lowest BCUT2D eigenvalue weighted by molar-refractivity contribution is -0.113. The number of para-hydroxylation sites is 2. The fourth-order valence-electron chi connectivity index (χ4n) is 3.54. The second-order valence-corrected chi connectivity index (χ2v) is 7.63. The van der Waals surface area contributed by atoms with Gasteiger partial charge in [0.1, 0.15) is 17.5 Å². The Kier molecular flexibility index (Phi) is 5.85. The van der Waals surface area contributed by atoms with Crippen molar-refractivity contribution in [3.63, 3.8) is 0 Å². The smallest absolute Gasteiger partial charge is 0.255 e. The highest BCUT2D eigenvalue weighted by molar-refractivity contribution is 7.98. The quantitative estimate of drug-likeness (QED) is 0.565. The molecule has 2 aromatic carbocycles. The number of thioether (sulfide) groups is 1. The molecule has 31 heavy (non-hydrogen) atoms. The van der Waals surface area contributed by atoms with E-state index in [2.05, 4.69) is 20.7 Å². The van der Waals surface area contributed by atoms with E-state index in [4.69, 9.17) is 9.47 Å². The number of rotatable bonds is 6. The highest BCUT2D eigenvalue weighted by Gasteiger charge is 2.34. The first-order valence-electron chi connectivity index (χ1n) is 9.62. The number of fused-ring (bicyclic) bond motifs is 1. The molecule has 0 spiro atoms. The molecule has 2 N–H and O–H groups in total. The SMILES string of the molecule is COc1ccc([C@@H]2C(C(=O)Nc3ccccc3OC)=C(C)Nc3nc(SC)nn32)cc1. The molecule has 2 heterocycles. The van der Waals surface area contributed by atoms with Crippen molar-refractivity contribution in [1.82, 2.24) is 14.8 Å². The van der Waals surface area contributed by atoms with Crippen molar-refractivity contribution in [3.8, 4) is 11.5 Å². The van der Waals surface area contributed by atoms with E-state index in [9.17, 15) is 4.79 Å². The van der Waals surface area contributed by atoms with Crippen molar-refractivity contribution in [2.45, 2.75) is 18.1 Å². The van der Waals surface area contributed by atoms with E-state index in [-0.39, 0.29) is 5.91 Å². The van der Waals surface area contributed by atoms with Crippen molar-refractivity contribution in [2.24, 2.45) is 0 Å². The van der Waals surface area contributed by atoms with Crippen LogP contribution in [0.1, 0.15) is 18.5 Å². The van der Waals surface area contributed by atoms with Crippen molar-refractivity contribution in [3.05, 3.63) is 65.4 Å². The van der Waals surface area contributed by atoms with Gasteiger partial charge in [0.25, 0.3) is 5.91 Å². The summed E-state index contributed by atoms with van der Waals surface area (Å²) in [6.07, 6.45) is 1.92. The largest absolute Gasteiger partial charge is 0.497 e. The number of carbonyl (C=O) groups is 1. The predicted octanol–water partition coefficient (Wildman–Crippen LogP) is 3.94. The van der Waals surface area contributed by atoms with Crippen LogP contribution in [0, 0.1) is 0 Å². The molecule has 4 rings (SSSR count). The zero-order chi connectivity index (χ0) is 22.0. The van der Waals surface area contributed by atoms with E-state index in [0.29, 0.717) is 33.8 Å². The zero-order valence-electron chi connectivity index (χ0n) is 17.7. The molecule has 0 saturated heterocycles. The Morgan fingerprint density at radius 1 is 1.13 bits per heavy atom. The first-order valence-corrected chi connectivity index (χ1v) is 10.8. The van der Waals surface area contributed by atoms with E-state index in [1.165, 1.54) is 11.8 Å². The van der Waals surface area contributed by atoms with E-state index in [1.54, 1.807) is 31.0 Å². The number of nitrogens with one attached hydrogen (secondary N) is 2. The maximum Gasteiger partial charge on any atom is 0.255 e. The highest BCUT2D eigenvalue weighted by Crippen LogP contribution is 2.37. The van der Waals surface area contributed by atoms with Gasteiger partial charge in [-0.25, -0.2) is 4.68 Å². The Morgan fingerprint density at radius 3 is 2.55 bits per heavy atom. The number of ether oxygens (including phenoxy) is 2. The molecular formula is C22H23N5O3S. The number of methoxy groups -OCH3 is 2. The molecule has 0 bridgehead atoms. The predicted molar refractivity (Wildman–Crippen MR) is 121 cm³/mol. The Hall–Kier alpha value is -3.46. The number of nitrogens with zero attached hydrogens (tertiary/aromatic N) is 3. The molecule has 1 atom stereocenters. The molecule has 1 amide bonds. The Balaban J connectivity index is 1.78. The zero-order valence-corrected chi connectivity index (χ0v) is 18.5. The number of hydrogen-bond donors (Lipinski definition) is 2. The minimum atomic E-state index is -0.453. The van der Waals surface area contributed by atoms with Crippen LogP contribution < -0.4 is 20.1 Å². The van der Waals surface area contributed by atoms with Crippen LogP contribution in [0.3, 0.4) is 0 Å². The number of allylic oxidation sites excluding steroid dienone is 1. The van der Waals surface area contributed by atoms with Crippen molar-refractivity contribution in [1.29, 1.82) is 0 Å². The van der Waals surface area contributed by atoms with Crippen LogP contribution >= 0.6 is 11.8 Å². The van der Waals surface area contributed by atoms with Crippen LogP contribution in [0.2, 0.25) is 0 Å². The molecule has 9 heteroatoms. The summed E-state index contributed by atoms with van der Waals surface area (Å²) in [5.74, 6) is 1.67. The van der Waals surface area contributed by atoms with Crippen LogP contribution in [0.15, 0.2) is 65.0 Å². The van der Waals surface area contributed by atoms with Gasteiger partial charge < -0.3 is 20.1 Å². The van der Waals surface area contributed by atoms with E-state index < -0.39 is 6.04 Å². The number of anilines is 2. The van der Waals surface area contributed by atoms with Gasteiger partial charge in [-0.1, -0.05) is 36.0 Å². The second-order valence-electron chi connectivity index (χ2n) is 6.86. The summed E-state index contributed by atoms with van der Waals surface area (Å²) in [6.45, 7) is 1.87. The molecule has 3 aromatic rings. The van der Waals surface area contributed by atoms with E-state index in [0.717, 1.165) is 11.3 Å². The molecule has 160 valence electrons. The van der Waals surface area contributed by atoms with Gasteiger partial charge in [0.15, 0.2) is 0 Å². The number of carbonyl (C=O) groups excluding carboxylic acids is 1. The van der Waals surface area contributed by atoms with Crippen molar-refractivity contribution >= 4 is 29.3 Å². The van der Waals surface area contributed by atoms with Gasteiger partial charge in [-0.05, 0) is 43.0 Å². The lowest BCUT2D eigenvalue weighted by atomic mass is 9.95. The number of amides is 1. The molecule has 1 aromatic heterocycles. The summed E-state index contributed by atoms with van der Waals surface area (Å²) < 4.78 is 12.4. The molecule has 0 unspecified atom stereocenters. The summed E-state index contributed by atoms with van der Waals surface area (Å²) >= 11 is 1.45. The number of hydrogen-bond acceptors (Lipinski definition) is 7. The Morgan fingerprint density at radius 2 is 1.87 bits per heavy atom. The summed E-state index contributed by atoms with van der Waals surface area (Å²) in [5, 5.41) is 11.4. The number of benzene rings is 2. The van der Waals surface area contributed by atoms with Crippen LogP contribution in [0.25, 0.3) is 0 Å². The average Bonchev–Trinajstić information content (AvgIpc) is 3.21. The van der Waals surface area contributed by atoms with Gasteiger partial charge in [-0.3, -0.25) is 4.79 Å². The summed E-state index contributed by atoms with van der Waals surface area (Å²) in [4.78, 5) is 18.0. The minimum Gasteiger partial charge on any atom is -0.497 e. The Bertz CT molecular complexity index is 1140. The van der Waals surface area contributed by atoms with Crippen molar-refractivity contribution in [2.75, 3.05) is 31.1 Å². The summed E-state index contributed by atoms with van der Waals surface area (Å²) in [6, 6.07) is 14.5. The summed E-state index contributed by atoms with van der Waals surface area (Å²) in [7, 11) is 3.19. The molecule has 1 aliphatic rings. The fraction of sp³-hybridized carbons (Fsp3) is 0.227. The van der Waals surface area contributed by atoms with Crippen LogP contribution in [-0.4, -0.2) is 41.1 Å². The third kappa shape index (κ3) is 3.96. The van der Waals surface area contributed by atoms with Gasteiger partial charge in [-0.2, -0.15) is 4.98 Å². The topological polar surface area (TPSA) is 90.3 Å². The van der Waals surface area contributed by atoms with E-state index >= 15 is 0 Å². The van der Waals surface area contributed by atoms with Gasteiger partial charge in [0, 0.05) is 5.70 Å². The standard InChI is InChI=1S/C22H23N5O3S/c1-13-18(20(28)24-16-7-5-6-8-17(16)30-3)19(14-9-11-15(29-2)12-10-14)27-21(23-13)25-22(26-27)31-4/h5-12,19H,1-4H3,(H,24,28)(H,23,25,26)/t19-/m1/s1. The highest BCUT2D eigenvalue weighted by atomic mass is 32.2. The van der Waals surface area contributed by atoms with Gasteiger partial charge in [0.05, 0.1) is 25.5 Å². The molecule has 8 nitrogen and oxygen atoms in total. The van der Waals surface area contributed by atoms with Gasteiger partial charge in [0.2, 0.25) is 11.1 Å². The lowest BCUT2D eigenvalue weighted by Gasteiger charge is -2.29.